The van der Waals surface area contributed by atoms with E-state index in [4.69, 9.17) is 4.74 Å². The summed E-state index contributed by atoms with van der Waals surface area (Å²) in [5, 5.41) is 9.35. The largest absolute Gasteiger partial charge is 0.508 e. The Morgan fingerprint density at radius 1 is 0.722 bits per heavy atom. The Morgan fingerprint density at radius 2 is 1.36 bits per heavy atom. The maximum atomic E-state index is 12.5. The maximum Gasteiger partial charge on any atom is 0.163 e. The van der Waals surface area contributed by atoms with Crippen LogP contribution in [0.25, 0.3) is 23.3 Å². The Bertz CT molecular complexity index is 1370. The van der Waals surface area contributed by atoms with Crippen LogP contribution in [-0.4, -0.2) is 16.7 Å². The van der Waals surface area contributed by atoms with Crippen molar-refractivity contribution in [1.82, 2.24) is 0 Å². The number of ketones is 2. The first-order valence-electron chi connectivity index (χ1n) is 11.6. The van der Waals surface area contributed by atoms with E-state index >= 15 is 0 Å². The lowest BCUT2D eigenvalue weighted by atomic mass is 9.98. The molecule has 0 saturated heterocycles. The molecule has 0 saturated carbocycles. The van der Waals surface area contributed by atoms with Crippen LogP contribution in [0, 0.1) is 0 Å². The van der Waals surface area contributed by atoms with Crippen molar-refractivity contribution in [2.75, 3.05) is 0 Å². The molecule has 0 aliphatic heterocycles. The number of carbonyl (C=O) groups is 2. The summed E-state index contributed by atoms with van der Waals surface area (Å²) >= 11 is 0. The molecule has 0 bridgehead atoms. The summed E-state index contributed by atoms with van der Waals surface area (Å²) in [6, 6.07) is 32.1. The number of rotatable bonds is 10. The molecule has 0 spiro atoms. The van der Waals surface area contributed by atoms with E-state index in [1.165, 1.54) is 12.2 Å². The van der Waals surface area contributed by atoms with Crippen LogP contribution in [0.4, 0.5) is 0 Å². The van der Waals surface area contributed by atoms with E-state index in [9.17, 15) is 14.7 Å². The van der Waals surface area contributed by atoms with Gasteiger partial charge in [0, 0.05) is 0 Å². The summed E-state index contributed by atoms with van der Waals surface area (Å²) in [6.45, 7) is 0.440. The minimum absolute atomic E-state index is 0.156. The molecular weight excluding hydrogens is 448 g/mol. The van der Waals surface area contributed by atoms with E-state index in [0.717, 1.165) is 27.8 Å². The fourth-order valence-electron chi connectivity index (χ4n) is 3.64. The van der Waals surface area contributed by atoms with Gasteiger partial charge in [-0.2, -0.15) is 0 Å². The summed E-state index contributed by atoms with van der Waals surface area (Å²) in [7, 11) is 0. The number of ether oxygens (including phenoxy) is 1. The van der Waals surface area contributed by atoms with Crippen LogP contribution >= 0.6 is 0 Å². The highest BCUT2D eigenvalue weighted by molar-refractivity contribution is 6.11. The van der Waals surface area contributed by atoms with Crippen LogP contribution in [0.15, 0.2) is 115 Å². The second-order valence-corrected chi connectivity index (χ2v) is 8.26. The predicted molar refractivity (Wildman–Crippen MR) is 143 cm³/mol. The normalized spacial score (nSPS) is 11.1. The zero-order chi connectivity index (χ0) is 25.2. The molecule has 0 atom stereocenters. The van der Waals surface area contributed by atoms with Gasteiger partial charge in [-0.3, -0.25) is 9.59 Å². The van der Waals surface area contributed by atoms with Gasteiger partial charge in [0.2, 0.25) is 0 Å². The Labute approximate surface area is 210 Å². The topological polar surface area (TPSA) is 63.6 Å². The minimum Gasteiger partial charge on any atom is -0.508 e. The third-order valence-corrected chi connectivity index (χ3v) is 5.51. The molecule has 4 heteroatoms. The fraction of sp³-hybridized carbons (Fsp3) is 0.0625. The lowest BCUT2D eigenvalue weighted by Crippen LogP contribution is -2.02. The van der Waals surface area contributed by atoms with Gasteiger partial charge in [-0.25, -0.2) is 0 Å². The van der Waals surface area contributed by atoms with Crippen molar-refractivity contribution in [2.24, 2.45) is 0 Å². The van der Waals surface area contributed by atoms with E-state index in [1.54, 1.807) is 36.4 Å². The molecule has 0 aromatic heterocycles. The monoisotopic (exact) mass is 474 g/mol. The molecule has 0 fully saturated rings. The predicted octanol–water partition coefficient (Wildman–Crippen LogP) is 6.89. The molecular formula is C32H26O4. The molecule has 178 valence electrons. The van der Waals surface area contributed by atoms with Crippen LogP contribution < -0.4 is 4.74 Å². The second kappa shape index (κ2) is 12.1. The summed E-state index contributed by atoms with van der Waals surface area (Å²) in [6.07, 6.45) is 5.95. The molecule has 4 aromatic rings. The number of benzene rings is 4. The number of allylic oxidation sites excluding steroid dienone is 2. The molecule has 1 N–H and O–H groups in total. The molecule has 4 nitrogen and oxygen atoms in total. The van der Waals surface area contributed by atoms with Crippen molar-refractivity contribution < 1.29 is 19.4 Å². The summed E-state index contributed by atoms with van der Waals surface area (Å²) in [4.78, 5) is 24.8. The van der Waals surface area contributed by atoms with E-state index in [1.807, 2.05) is 78.9 Å². The molecule has 4 aromatic carbocycles. The first-order chi connectivity index (χ1) is 17.6. The van der Waals surface area contributed by atoms with Crippen LogP contribution in [-0.2, 0) is 16.2 Å². The molecule has 0 unspecified atom stereocenters. The maximum absolute atomic E-state index is 12.5. The molecule has 0 amide bonds. The van der Waals surface area contributed by atoms with Gasteiger partial charge in [0.05, 0.1) is 6.42 Å². The van der Waals surface area contributed by atoms with Gasteiger partial charge in [-0.1, -0.05) is 91.0 Å². The average Bonchev–Trinajstić information content (AvgIpc) is 2.91. The summed E-state index contributed by atoms with van der Waals surface area (Å²) < 4.78 is 5.98. The molecule has 0 radical (unpaired) electrons. The molecule has 0 aliphatic carbocycles. The van der Waals surface area contributed by atoms with Crippen molar-refractivity contribution >= 4 is 23.7 Å². The molecule has 0 heterocycles. The van der Waals surface area contributed by atoms with Gasteiger partial charge in [-0.15, -0.1) is 0 Å². The SMILES string of the molecule is O=C(C=Cc1ccc(O)cc1)CC(=O)C=Cc1cc(OCc2ccccc2)ccc1-c1ccccc1. The van der Waals surface area contributed by atoms with E-state index in [0.29, 0.717) is 12.4 Å². The minimum atomic E-state index is -0.291. The number of carbonyl (C=O) groups excluding carboxylic acids is 2. The Kier molecular flexibility index (Phi) is 8.23. The van der Waals surface area contributed by atoms with Crippen molar-refractivity contribution in [3.8, 4) is 22.6 Å². The van der Waals surface area contributed by atoms with Crippen molar-refractivity contribution in [3.05, 3.63) is 132 Å². The number of phenols is 1. The van der Waals surface area contributed by atoms with Crippen LogP contribution in [0.3, 0.4) is 0 Å². The van der Waals surface area contributed by atoms with E-state index < -0.39 is 0 Å². The molecule has 0 aliphatic rings. The molecule has 36 heavy (non-hydrogen) atoms. The Morgan fingerprint density at radius 3 is 2.06 bits per heavy atom. The first-order valence-corrected chi connectivity index (χ1v) is 11.6. The first kappa shape index (κ1) is 24.4. The highest BCUT2D eigenvalue weighted by atomic mass is 16.5. The molecule has 4 rings (SSSR count). The van der Waals surface area contributed by atoms with Crippen LogP contribution in [0.5, 0.6) is 11.5 Å². The number of hydrogen-bond acceptors (Lipinski definition) is 4. The zero-order valence-corrected chi connectivity index (χ0v) is 19.7. The fourth-order valence-corrected chi connectivity index (χ4v) is 3.64. The van der Waals surface area contributed by atoms with E-state index in [2.05, 4.69) is 0 Å². The number of phenolic OH excluding ortho intramolecular Hbond substituents is 1. The lowest BCUT2D eigenvalue weighted by Gasteiger charge is -2.11. The van der Waals surface area contributed by atoms with Crippen LogP contribution in [0.2, 0.25) is 0 Å². The van der Waals surface area contributed by atoms with Gasteiger partial charge in [0.15, 0.2) is 11.6 Å². The summed E-state index contributed by atoms with van der Waals surface area (Å²) in [5.74, 6) is 0.271. The number of aromatic hydroxyl groups is 1. The highest BCUT2D eigenvalue weighted by Gasteiger charge is 2.08. The number of hydrogen-bond donors (Lipinski definition) is 1. The van der Waals surface area contributed by atoms with Gasteiger partial charge < -0.3 is 9.84 Å². The van der Waals surface area contributed by atoms with Gasteiger partial charge in [-0.05, 0) is 64.2 Å². The van der Waals surface area contributed by atoms with Gasteiger partial charge in [0.25, 0.3) is 0 Å². The standard InChI is InChI=1S/C32H26O4/c33-28-15-11-24(12-16-28)13-17-29(34)22-30(35)18-14-27-21-31(36-23-25-7-3-1-4-8-25)19-20-32(27)26-9-5-2-6-10-26/h1-21,33H,22-23H2. The Hall–Kier alpha value is -4.70. The van der Waals surface area contributed by atoms with Gasteiger partial charge >= 0.3 is 0 Å². The zero-order valence-electron chi connectivity index (χ0n) is 19.7. The Balaban J connectivity index is 1.47. The average molecular weight is 475 g/mol. The van der Waals surface area contributed by atoms with Crippen LogP contribution in [0.1, 0.15) is 23.1 Å². The smallest absolute Gasteiger partial charge is 0.163 e. The van der Waals surface area contributed by atoms with Crippen molar-refractivity contribution in [3.63, 3.8) is 0 Å². The lowest BCUT2D eigenvalue weighted by molar-refractivity contribution is -0.121. The quantitative estimate of drug-likeness (QED) is 0.201. The third-order valence-electron chi connectivity index (χ3n) is 5.51. The second-order valence-electron chi connectivity index (χ2n) is 8.26. The van der Waals surface area contributed by atoms with Crippen molar-refractivity contribution in [2.45, 2.75) is 13.0 Å². The third kappa shape index (κ3) is 7.15. The highest BCUT2D eigenvalue weighted by Crippen LogP contribution is 2.29. The van der Waals surface area contributed by atoms with E-state index in [-0.39, 0.29) is 23.7 Å². The summed E-state index contributed by atoms with van der Waals surface area (Å²) in [5.41, 5.74) is 4.64. The van der Waals surface area contributed by atoms with Gasteiger partial charge in [0.1, 0.15) is 18.1 Å². The van der Waals surface area contributed by atoms with Crippen molar-refractivity contribution in [1.29, 1.82) is 0 Å².